The van der Waals surface area contributed by atoms with E-state index in [4.69, 9.17) is 0 Å². The molecule has 11 rings (SSSR count). The number of nitrogens with zero attached hydrogens (tertiary/aromatic N) is 2. The Kier molecular flexibility index (Phi) is 8.10. The number of para-hydroxylation sites is 2. The second kappa shape index (κ2) is 13.8. The highest BCUT2D eigenvalue weighted by Gasteiger charge is 2.40. The monoisotopic (exact) mass is 760 g/mol. The summed E-state index contributed by atoms with van der Waals surface area (Å²) in [5.41, 5.74) is 13.4. The maximum atomic E-state index is 15.3. The van der Waals surface area contributed by atoms with Gasteiger partial charge in [0.2, 0.25) is 0 Å². The SMILES string of the molecule is O=P1(c2ccccc2)c2ccccc2-c2cc3c(cc21)c1ccccc1n3-c1ccc(-c2ccc(N(c3ccccc3)c3ccc(-c4ccccc4)cc3)cc2)cc1. The van der Waals surface area contributed by atoms with Crippen molar-refractivity contribution in [3.63, 3.8) is 0 Å². The Balaban J connectivity index is 0.964. The van der Waals surface area contributed by atoms with E-state index in [-0.39, 0.29) is 0 Å². The highest BCUT2D eigenvalue weighted by Crippen LogP contribution is 2.53. The van der Waals surface area contributed by atoms with Gasteiger partial charge in [0.25, 0.3) is 0 Å². The van der Waals surface area contributed by atoms with Crippen LogP contribution in [-0.2, 0) is 4.57 Å². The number of benzene rings is 9. The highest BCUT2D eigenvalue weighted by atomic mass is 31.2. The molecule has 0 saturated heterocycles. The van der Waals surface area contributed by atoms with E-state index in [9.17, 15) is 0 Å². The molecule has 1 unspecified atom stereocenters. The standard InChI is InChI=1S/C54H37N2OP/c57-58(46-18-8-3-9-19-46)53-23-13-11-21-48(53)50-36-52-49(37-54(50)58)47-20-10-12-22-51(47)56(52)45-34-28-41(29-35-45)40-26-32-44(33-27-40)55(42-16-6-2-7-17-42)43-30-24-39(25-31-43)38-14-4-1-5-15-38/h1-37H. The Morgan fingerprint density at radius 2 is 0.862 bits per heavy atom. The van der Waals surface area contributed by atoms with Crippen molar-refractivity contribution >= 4 is 61.9 Å². The predicted octanol–water partition coefficient (Wildman–Crippen LogP) is 13.2. The highest BCUT2D eigenvalue weighted by molar-refractivity contribution is 7.86. The molecule has 58 heavy (non-hydrogen) atoms. The Morgan fingerprint density at radius 1 is 0.362 bits per heavy atom. The minimum absolute atomic E-state index is 0.873. The average molecular weight is 761 g/mol. The van der Waals surface area contributed by atoms with E-state index in [1.807, 2.05) is 42.5 Å². The van der Waals surface area contributed by atoms with Crippen LogP contribution in [0, 0.1) is 0 Å². The third-order valence-electron chi connectivity index (χ3n) is 11.6. The quantitative estimate of drug-likeness (QED) is 0.151. The fourth-order valence-corrected chi connectivity index (χ4v) is 11.9. The summed E-state index contributed by atoms with van der Waals surface area (Å²) in [5, 5.41) is 4.97. The van der Waals surface area contributed by atoms with Crippen molar-refractivity contribution in [1.82, 2.24) is 4.57 Å². The van der Waals surface area contributed by atoms with Gasteiger partial charge in [0.05, 0.1) is 11.0 Å². The van der Waals surface area contributed by atoms with Gasteiger partial charge in [-0.1, -0.05) is 158 Å². The van der Waals surface area contributed by atoms with Gasteiger partial charge in [-0.3, -0.25) is 0 Å². The first-order valence-corrected chi connectivity index (χ1v) is 21.4. The number of anilines is 3. The number of rotatable bonds is 7. The molecule has 274 valence electrons. The molecule has 0 fully saturated rings. The van der Waals surface area contributed by atoms with Crippen LogP contribution in [0.3, 0.4) is 0 Å². The first-order valence-electron chi connectivity index (χ1n) is 19.7. The first kappa shape index (κ1) is 34.1. The summed E-state index contributed by atoms with van der Waals surface area (Å²) in [5.74, 6) is 0. The van der Waals surface area contributed by atoms with Crippen LogP contribution in [0.15, 0.2) is 224 Å². The van der Waals surface area contributed by atoms with Crippen molar-refractivity contribution in [2.45, 2.75) is 0 Å². The Labute approximate surface area is 338 Å². The summed E-state index contributed by atoms with van der Waals surface area (Å²) in [6.45, 7) is 0. The van der Waals surface area contributed by atoms with Gasteiger partial charge >= 0.3 is 0 Å². The zero-order valence-electron chi connectivity index (χ0n) is 31.6. The van der Waals surface area contributed by atoms with Crippen LogP contribution in [0.5, 0.6) is 0 Å². The normalized spacial score (nSPS) is 14.3. The van der Waals surface area contributed by atoms with Gasteiger partial charge in [0.15, 0.2) is 7.14 Å². The lowest BCUT2D eigenvalue weighted by Gasteiger charge is -2.26. The van der Waals surface area contributed by atoms with E-state index < -0.39 is 7.14 Å². The molecule has 10 aromatic rings. The van der Waals surface area contributed by atoms with Gasteiger partial charge in [0, 0.05) is 49.4 Å². The molecule has 1 atom stereocenters. The molecule has 1 aromatic heterocycles. The maximum absolute atomic E-state index is 15.3. The molecule has 4 heteroatoms. The van der Waals surface area contributed by atoms with Crippen molar-refractivity contribution < 1.29 is 4.57 Å². The average Bonchev–Trinajstić information content (AvgIpc) is 3.76. The summed E-state index contributed by atoms with van der Waals surface area (Å²) >= 11 is 0. The number of hydrogen-bond donors (Lipinski definition) is 0. The molecule has 0 bridgehead atoms. The zero-order chi connectivity index (χ0) is 38.6. The lowest BCUT2D eigenvalue weighted by atomic mass is 10.0. The molecule has 0 radical (unpaired) electrons. The van der Waals surface area contributed by atoms with E-state index in [0.717, 1.165) is 82.7 Å². The van der Waals surface area contributed by atoms with Crippen LogP contribution in [0.4, 0.5) is 17.1 Å². The van der Waals surface area contributed by atoms with E-state index in [0.29, 0.717) is 0 Å². The number of hydrogen-bond acceptors (Lipinski definition) is 2. The molecule has 3 nitrogen and oxygen atoms in total. The maximum Gasteiger partial charge on any atom is 0.172 e. The third kappa shape index (κ3) is 5.47. The summed E-state index contributed by atoms with van der Waals surface area (Å²) in [6, 6.07) is 78.8. The van der Waals surface area contributed by atoms with Crippen LogP contribution in [-0.4, -0.2) is 4.57 Å². The van der Waals surface area contributed by atoms with Gasteiger partial charge in [-0.05, 0) is 100 Å². The van der Waals surface area contributed by atoms with Gasteiger partial charge in [0.1, 0.15) is 0 Å². The van der Waals surface area contributed by atoms with E-state index in [1.54, 1.807) is 0 Å². The van der Waals surface area contributed by atoms with Crippen molar-refractivity contribution in [3.8, 4) is 39.1 Å². The van der Waals surface area contributed by atoms with Gasteiger partial charge in [-0.2, -0.15) is 0 Å². The molecule has 0 saturated carbocycles. The molecule has 2 heterocycles. The topological polar surface area (TPSA) is 25.2 Å². The van der Waals surface area contributed by atoms with Gasteiger partial charge in [-0.15, -0.1) is 0 Å². The minimum Gasteiger partial charge on any atom is -0.311 e. The molecular formula is C54H37N2OP. The molecule has 0 spiro atoms. The zero-order valence-corrected chi connectivity index (χ0v) is 32.5. The Hall–Kier alpha value is -7.19. The van der Waals surface area contributed by atoms with E-state index in [1.165, 1.54) is 11.1 Å². The van der Waals surface area contributed by atoms with E-state index in [2.05, 4.69) is 191 Å². The van der Waals surface area contributed by atoms with Crippen molar-refractivity contribution in [2.75, 3.05) is 4.90 Å². The van der Waals surface area contributed by atoms with Crippen LogP contribution < -0.4 is 20.8 Å². The van der Waals surface area contributed by atoms with Gasteiger partial charge < -0.3 is 14.0 Å². The van der Waals surface area contributed by atoms with Crippen LogP contribution in [0.1, 0.15) is 0 Å². The van der Waals surface area contributed by atoms with Crippen LogP contribution >= 0.6 is 7.14 Å². The molecule has 1 aliphatic heterocycles. The summed E-state index contributed by atoms with van der Waals surface area (Å²) in [4.78, 5) is 2.30. The van der Waals surface area contributed by atoms with E-state index >= 15 is 4.57 Å². The van der Waals surface area contributed by atoms with Crippen LogP contribution in [0.25, 0.3) is 60.9 Å². The fraction of sp³-hybridized carbons (Fsp3) is 0. The second-order valence-corrected chi connectivity index (χ2v) is 17.6. The first-order chi connectivity index (χ1) is 28.6. The fourth-order valence-electron chi connectivity index (χ4n) is 8.84. The largest absolute Gasteiger partial charge is 0.311 e. The predicted molar refractivity (Wildman–Crippen MR) is 245 cm³/mol. The summed E-state index contributed by atoms with van der Waals surface area (Å²) < 4.78 is 17.7. The molecular weight excluding hydrogens is 724 g/mol. The Morgan fingerprint density at radius 3 is 1.52 bits per heavy atom. The molecule has 0 N–H and O–H groups in total. The smallest absolute Gasteiger partial charge is 0.172 e. The minimum atomic E-state index is -3.06. The lowest BCUT2D eigenvalue weighted by molar-refractivity contribution is 0.593. The molecule has 1 aliphatic rings. The second-order valence-electron chi connectivity index (χ2n) is 14.9. The number of aromatic nitrogens is 1. The van der Waals surface area contributed by atoms with Crippen molar-refractivity contribution in [2.24, 2.45) is 0 Å². The third-order valence-corrected chi connectivity index (χ3v) is 14.8. The van der Waals surface area contributed by atoms with Crippen molar-refractivity contribution in [1.29, 1.82) is 0 Å². The number of fused-ring (bicyclic) bond motifs is 6. The lowest BCUT2D eigenvalue weighted by Crippen LogP contribution is -2.20. The Bertz CT molecular complexity index is 3160. The van der Waals surface area contributed by atoms with Crippen LogP contribution in [0.2, 0.25) is 0 Å². The molecule has 9 aromatic carbocycles. The molecule has 0 aliphatic carbocycles. The van der Waals surface area contributed by atoms with Gasteiger partial charge in [-0.25, -0.2) is 0 Å². The van der Waals surface area contributed by atoms with Crippen molar-refractivity contribution in [3.05, 3.63) is 224 Å². The molecule has 0 amide bonds. The summed E-state index contributed by atoms with van der Waals surface area (Å²) in [6.07, 6.45) is 0. The summed E-state index contributed by atoms with van der Waals surface area (Å²) in [7, 11) is -3.06.